The summed E-state index contributed by atoms with van der Waals surface area (Å²) in [6, 6.07) is 19.6. The van der Waals surface area contributed by atoms with Crippen LogP contribution in [0.5, 0.6) is 5.75 Å². The second kappa shape index (κ2) is 5.44. The molecule has 0 radical (unpaired) electrons. The van der Waals surface area contributed by atoms with E-state index in [1.54, 1.807) is 0 Å². The fourth-order valence-corrected chi connectivity index (χ4v) is 1.62. The first kappa shape index (κ1) is 10.1. The molecule has 2 nitrogen and oxygen atoms in total. The largest absolute Gasteiger partial charge is 0.398 e. The van der Waals surface area contributed by atoms with Gasteiger partial charge in [-0.2, -0.15) is 0 Å². The van der Waals surface area contributed by atoms with Gasteiger partial charge >= 0.3 is 0 Å². The van der Waals surface area contributed by atoms with E-state index in [4.69, 9.17) is 4.84 Å². The second-order valence-electron chi connectivity index (χ2n) is 2.91. The predicted octanol–water partition coefficient (Wildman–Crippen LogP) is 3.28. The third kappa shape index (κ3) is 3.31. The Morgan fingerprint density at radius 2 is 1.40 bits per heavy atom. The summed E-state index contributed by atoms with van der Waals surface area (Å²) in [5, 5.41) is 0. The summed E-state index contributed by atoms with van der Waals surface area (Å²) in [5.41, 5.74) is 0. The van der Waals surface area contributed by atoms with Crippen LogP contribution in [0.1, 0.15) is 0 Å². The maximum absolute atomic E-state index is 5.32. The molecule has 0 saturated carbocycles. The SMILES string of the molecule is c1ccc(ONSc2ccccc2)cc1. The van der Waals surface area contributed by atoms with Crippen molar-refractivity contribution >= 4 is 11.9 Å². The van der Waals surface area contributed by atoms with Crippen LogP contribution in [0.15, 0.2) is 65.6 Å². The van der Waals surface area contributed by atoms with Crippen molar-refractivity contribution < 1.29 is 4.84 Å². The zero-order valence-corrected chi connectivity index (χ0v) is 8.91. The molecule has 0 bridgehead atoms. The normalized spacial score (nSPS) is 9.87. The van der Waals surface area contributed by atoms with Crippen molar-refractivity contribution in [2.45, 2.75) is 4.90 Å². The molecule has 0 atom stereocenters. The van der Waals surface area contributed by atoms with E-state index in [1.807, 2.05) is 60.7 Å². The van der Waals surface area contributed by atoms with Crippen molar-refractivity contribution in [1.29, 1.82) is 0 Å². The van der Waals surface area contributed by atoms with E-state index < -0.39 is 0 Å². The predicted molar refractivity (Wildman–Crippen MR) is 62.5 cm³/mol. The highest BCUT2D eigenvalue weighted by Gasteiger charge is 1.93. The molecule has 0 aromatic heterocycles. The highest BCUT2D eigenvalue weighted by molar-refractivity contribution is 7.97. The molecule has 0 aliphatic carbocycles. The number of hydrogen-bond donors (Lipinski definition) is 1. The van der Waals surface area contributed by atoms with Crippen LogP contribution in [0.4, 0.5) is 0 Å². The number of para-hydroxylation sites is 1. The van der Waals surface area contributed by atoms with Crippen LogP contribution >= 0.6 is 11.9 Å². The van der Waals surface area contributed by atoms with Gasteiger partial charge in [0.2, 0.25) is 0 Å². The maximum Gasteiger partial charge on any atom is 0.148 e. The number of rotatable bonds is 4. The van der Waals surface area contributed by atoms with Crippen LogP contribution in [0.25, 0.3) is 0 Å². The van der Waals surface area contributed by atoms with E-state index in [9.17, 15) is 0 Å². The van der Waals surface area contributed by atoms with Crippen molar-refractivity contribution in [2.75, 3.05) is 0 Å². The summed E-state index contributed by atoms with van der Waals surface area (Å²) in [6.07, 6.45) is 0. The van der Waals surface area contributed by atoms with E-state index >= 15 is 0 Å². The number of benzene rings is 2. The van der Waals surface area contributed by atoms with Crippen molar-refractivity contribution in [2.24, 2.45) is 0 Å². The topological polar surface area (TPSA) is 21.3 Å². The highest BCUT2D eigenvalue weighted by Crippen LogP contribution is 2.14. The minimum atomic E-state index is 0.806. The van der Waals surface area contributed by atoms with Crippen molar-refractivity contribution in [1.82, 2.24) is 4.89 Å². The minimum absolute atomic E-state index is 0.806. The molecule has 0 saturated heterocycles. The summed E-state index contributed by atoms with van der Waals surface area (Å²) >= 11 is 1.44. The van der Waals surface area contributed by atoms with E-state index in [2.05, 4.69) is 4.89 Å². The Balaban J connectivity index is 1.81. The van der Waals surface area contributed by atoms with Crippen LogP contribution in [-0.2, 0) is 0 Å². The number of nitrogens with one attached hydrogen (secondary N) is 1. The zero-order chi connectivity index (χ0) is 10.3. The minimum Gasteiger partial charge on any atom is -0.398 e. The lowest BCUT2D eigenvalue weighted by molar-refractivity contribution is 0.285. The summed E-state index contributed by atoms with van der Waals surface area (Å²) in [7, 11) is 0. The van der Waals surface area contributed by atoms with Crippen molar-refractivity contribution in [3.63, 3.8) is 0 Å². The summed E-state index contributed by atoms with van der Waals surface area (Å²) in [6.45, 7) is 0. The van der Waals surface area contributed by atoms with Gasteiger partial charge in [-0.15, -0.1) is 0 Å². The van der Waals surface area contributed by atoms with Gasteiger partial charge in [-0.3, -0.25) is 0 Å². The van der Waals surface area contributed by atoms with Gasteiger partial charge in [-0.1, -0.05) is 41.3 Å². The van der Waals surface area contributed by atoms with E-state index in [-0.39, 0.29) is 0 Å². The van der Waals surface area contributed by atoms with Crippen LogP contribution in [-0.4, -0.2) is 0 Å². The lowest BCUT2D eigenvalue weighted by Gasteiger charge is -2.05. The molecular weight excluding hydrogens is 206 g/mol. The molecule has 2 aromatic rings. The zero-order valence-electron chi connectivity index (χ0n) is 8.09. The van der Waals surface area contributed by atoms with Gasteiger partial charge in [0.15, 0.2) is 0 Å². The Hall–Kier alpha value is -1.45. The second-order valence-corrected chi connectivity index (χ2v) is 3.76. The fraction of sp³-hybridized carbons (Fsp3) is 0. The molecule has 2 rings (SSSR count). The quantitative estimate of drug-likeness (QED) is 0.627. The molecule has 0 amide bonds. The standard InChI is InChI=1S/C12H11NOS/c1-3-7-11(8-4-1)14-13-15-12-9-5-2-6-10-12/h1-10,13H. The molecule has 15 heavy (non-hydrogen) atoms. The smallest absolute Gasteiger partial charge is 0.148 e. The summed E-state index contributed by atoms with van der Waals surface area (Å²) in [4.78, 5) is 9.28. The molecule has 0 aliphatic rings. The Labute approximate surface area is 93.4 Å². The molecule has 3 heteroatoms. The Bertz CT molecular complexity index is 351. The molecule has 0 aliphatic heterocycles. The van der Waals surface area contributed by atoms with Crippen LogP contribution in [0, 0.1) is 0 Å². The van der Waals surface area contributed by atoms with Gasteiger partial charge in [0.25, 0.3) is 0 Å². The molecule has 2 aromatic carbocycles. The maximum atomic E-state index is 5.32. The third-order valence-corrected chi connectivity index (χ3v) is 2.48. The molecule has 0 unspecified atom stereocenters. The lowest BCUT2D eigenvalue weighted by atomic mass is 10.3. The summed E-state index contributed by atoms with van der Waals surface area (Å²) < 4.78 is 0. The van der Waals surface area contributed by atoms with Gasteiger partial charge in [0.05, 0.1) is 0 Å². The molecule has 0 heterocycles. The first-order valence-corrected chi connectivity index (χ1v) is 5.45. The first-order chi connectivity index (χ1) is 7.45. The van der Waals surface area contributed by atoms with Crippen LogP contribution in [0.3, 0.4) is 0 Å². The average Bonchev–Trinajstić information content (AvgIpc) is 2.32. The molecule has 1 N–H and O–H groups in total. The van der Waals surface area contributed by atoms with Gasteiger partial charge in [-0.25, -0.2) is 0 Å². The van der Waals surface area contributed by atoms with Gasteiger partial charge in [0, 0.05) is 4.90 Å². The molecule has 0 spiro atoms. The Morgan fingerprint density at radius 3 is 2.07 bits per heavy atom. The van der Waals surface area contributed by atoms with E-state index in [0.717, 1.165) is 10.6 Å². The average molecular weight is 217 g/mol. The molecule has 0 fully saturated rings. The Kier molecular flexibility index (Phi) is 3.65. The van der Waals surface area contributed by atoms with Gasteiger partial charge in [0.1, 0.15) is 5.75 Å². The van der Waals surface area contributed by atoms with Crippen LogP contribution in [0.2, 0.25) is 0 Å². The highest BCUT2D eigenvalue weighted by atomic mass is 32.2. The van der Waals surface area contributed by atoms with Crippen molar-refractivity contribution in [3.8, 4) is 5.75 Å². The lowest BCUT2D eigenvalue weighted by Crippen LogP contribution is -2.08. The first-order valence-electron chi connectivity index (χ1n) is 4.64. The monoisotopic (exact) mass is 217 g/mol. The van der Waals surface area contributed by atoms with E-state index in [1.165, 1.54) is 11.9 Å². The van der Waals surface area contributed by atoms with Gasteiger partial charge < -0.3 is 4.84 Å². The number of hydrogen-bond acceptors (Lipinski definition) is 3. The third-order valence-electron chi connectivity index (χ3n) is 1.81. The molecular formula is C12H11NOS. The van der Waals surface area contributed by atoms with Crippen LogP contribution < -0.4 is 9.72 Å². The molecule has 76 valence electrons. The van der Waals surface area contributed by atoms with E-state index in [0.29, 0.717) is 0 Å². The fourth-order valence-electron chi connectivity index (χ4n) is 1.09. The Morgan fingerprint density at radius 1 is 0.800 bits per heavy atom. The van der Waals surface area contributed by atoms with Gasteiger partial charge in [-0.05, 0) is 36.2 Å². The van der Waals surface area contributed by atoms with Crippen molar-refractivity contribution in [3.05, 3.63) is 60.7 Å². The summed E-state index contributed by atoms with van der Waals surface area (Å²) in [5.74, 6) is 0.806.